The van der Waals surface area contributed by atoms with Gasteiger partial charge in [0.15, 0.2) is 11.6 Å². The van der Waals surface area contributed by atoms with Gasteiger partial charge in [-0.1, -0.05) is 18.2 Å². The van der Waals surface area contributed by atoms with Gasteiger partial charge in [0.2, 0.25) is 0 Å². The van der Waals surface area contributed by atoms with Gasteiger partial charge in [0.25, 0.3) is 0 Å². The quantitative estimate of drug-likeness (QED) is 0.804. The third-order valence-electron chi connectivity index (χ3n) is 2.30. The third-order valence-corrected chi connectivity index (χ3v) is 2.30. The van der Waals surface area contributed by atoms with Gasteiger partial charge in [-0.15, -0.1) is 0 Å². The van der Waals surface area contributed by atoms with Crippen LogP contribution >= 0.6 is 0 Å². The molecule has 0 fully saturated rings. The van der Waals surface area contributed by atoms with Gasteiger partial charge in [0.05, 0.1) is 7.11 Å². The molecule has 0 aliphatic carbocycles. The largest absolute Gasteiger partial charge is 0.494 e. The van der Waals surface area contributed by atoms with Gasteiger partial charge in [0.1, 0.15) is 12.4 Å². The lowest BCUT2D eigenvalue weighted by atomic mass is 10.2. The number of methoxy groups -OCH3 is 1. The van der Waals surface area contributed by atoms with E-state index in [1.54, 1.807) is 24.3 Å². The highest BCUT2D eigenvalue weighted by Crippen LogP contribution is 2.19. The Kier molecular flexibility index (Phi) is 3.60. The topological polar surface area (TPSA) is 18.5 Å². The molecule has 2 nitrogen and oxygen atoms in total. The molecule has 1 radical (unpaired) electrons. The summed E-state index contributed by atoms with van der Waals surface area (Å²) in [5.74, 6) is 0.568. The van der Waals surface area contributed by atoms with Crippen molar-refractivity contribution < 1.29 is 13.9 Å². The molecule has 0 atom stereocenters. The van der Waals surface area contributed by atoms with Crippen molar-refractivity contribution in [3.8, 4) is 11.5 Å². The Morgan fingerprint density at radius 2 is 2.18 bits per heavy atom. The summed E-state index contributed by atoms with van der Waals surface area (Å²) < 4.78 is 23.7. The maximum absolute atomic E-state index is 13.4. The summed E-state index contributed by atoms with van der Waals surface area (Å²) in [4.78, 5) is 0. The van der Waals surface area contributed by atoms with E-state index >= 15 is 0 Å². The van der Waals surface area contributed by atoms with E-state index in [1.807, 2.05) is 12.1 Å². The van der Waals surface area contributed by atoms with Gasteiger partial charge >= 0.3 is 0 Å². The van der Waals surface area contributed by atoms with E-state index in [0.717, 1.165) is 5.56 Å². The first-order valence-electron chi connectivity index (χ1n) is 5.21. The van der Waals surface area contributed by atoms with E-state index in [4.69, 9.17) is 9.47 Å². The van der Waals surface area contributed by atoms with Crippen molar-refractivity contribution in [1.82, 2.24) is 0 Å². The molecule has 3 heteroatoms. The molecule has 0 saturated heterocycles. The average Bonchev–Trinajstić information content (AvgIpc) is 2.38. The van der Waals surface area contributed by atoms with Crippen LogP contribution in [0.25, 0.3) is 0 Å². The van der Waals surface area contributed by atoms with Gasteiger partial charge < -0.3 is 9.47 Å². The van der Waals surface area contributed by atoms with Gasteiger partial charge in [0, 0.05) is 0 Å². The molecule has 0 unspecified atom stereocenters. The number of benzene rings is 2. The van der Waals surface area contributed by atoms with Crippen LogP contribution in [0, 0.1) is 11.9 Å². The molecule has 87 valence electrons. The Labute approximate surface area is 99.6 Å². The molecule has 0 aliphatic heterocycles. The smallest absolute Gasteiger partial charge is 0.165 e. The van der Waals surface area contributed by atoms with Crippen molar-refractivity contribution >= 4 is 0 Å². The highest BCUT2D eigenvalue weighted by atomic mass is 19.1. The van der Waals surface area contributed by atoms with Gasteiger partial charge in [-0.3, -0.25) is 0 Å². The molecule has 0 N–H and O–H groups in total. The Balaban J connectivity index is 2.02. The van der Waals surface area contributed by atoms with Crippen LogP contribution in [0.4, 0.5) is 4.39 Å². The standard InChI is InChI=1S/C14H12FO2/c1-16-14-8-7-11(9-13(14)15)10-17-12-5-3-2-4-6-12/h2-3,5-9H,10H2,1H3. The van der Waals surface area contributed by atoms with Crippen LogP contribution in [0.3, 0.4) is 0 Å². The Hall–Kier alpha value is -2.03. The molecule has 2 aromatic rings. The third kappa shape index (κ3) is 2.97. The second kappa shape index (κ2) is 5.34. The van der Waals surface area contributed by atoms with E-state index < -0.39 is 0 Å². The van der Waals surface area contributed by atoms with Gasteiger partial charge in [-0.05, 0) is 35.9 Å². The van der Waals surface area contributed by atoms with Crippen LogP contribution in [0.15, 0.2) is 42.5 Å². The fourth-order valence-corrected chi connectivity index (χ4v) is 1.43. The highest BCUT2D eigenvalue weighted by molar-refractivity contribution is 5.29. The number of hydrogen-bond acceptors (Lipinski definition) is 2. The van der Waals surface area contributed by atoms with Crippen molar-refractivity contribution in [3.63, 3.8) is 0 Å². The van der Waals surface area contributed by atoms with E-state index in [0.29, 0.717) is 12.4 Å². The molecule has 0 saturated carbocycles. The summed E-state index contributed by atoms with van der Waals surface area (Å²) in [7, 11) is 1.44. The predicted molar refractivity (Wildman–Crippen MR) is 62.6 cm³/mol. The molecule has 0 amide bonds. The lowest BCUT2D eigenvalue weighted by molar-refractivity contribution is 0.304. The van der Waals surface area contributed by atoms with Crippen molar-refractivity contribution in [2.45, 2.75) is 6.61 Å². The van der Waals surface area contributed by atoms with E-state index in [1.165, 1.54) is 13.2 Å². The molecule has 0 aromatic heterocycles. The van der Waals surface area contributed by atoms with Gasteiger partial charge in [-0.2, -0.15) is 0 Å². The fourth-order valence-electron chi connectivity index (χ4n) is 1.43. The first kappa shape index (κ1) is 11.5. The summed E-state index contributed by atoms with van der Waals surface area (Å²) >= 11 is 0. The van der Waals surface area contributed by atoms with Crippen LogP contribution in [-0.2, 0) is 6.61 Å². The van der Waals surface area contributed by atoms with Crippen LogP contribution < -0.4 is 9.47 Å². The normalized spacial score (nSPS) is 10.0. The zero-order valence-corrected chi connectivity index (χ0v) is 9.44. The van der Waals surface area contributed by atoms with E-state index in [2.05, 4.69) is 6.07 Å². The number of rotatable bonds is 4. The molecule has 2 rings (SSSR count). The maximum Gasteiger partial charge on any atom is 0.165 e. The van der Waals surface area contributed by atoms with E-state index in [-0.39, 0.29) is 11.6 Å². The number of halogens is 1. The minimum atomic E-state index is -0.381. The summed E-state index contributed by atoms with van der Waals surface area (Å²) in [5.41, 5.74) is 0.757. The summed E-state index contributed by atoms with van der Waals surface area (Å²) in [6.45, 7) is 0.318. The van der Waals surface area contributed by atoms with Gasteiger partial charge in [-0.25, -0.2) is 4.39 Å². The first-order valence-corrected chi connectivity index (χ1v) is 5.21. The SMILES string of the molecule is COc1ccc(COc2c[c]ccc2)cc1F. The monoisotopic (exact) mass is 231 g/mol. The number of hydrogen-bond donors (Lipinski definition) is 0. The minimum Gasteiger partial charge on any atom is -0.494 e. The molecular formula is C14H12FO2. The van der Waals surface area contributed by atoms with Crippen molar-refractivity contribution in [2.75, 3.05) is 7.11 Å². The van der Waals surface area contributed by atoms with Crippen LogP contribution in [0.1, 0.15) is 5.56 Å². The highest BCUT2D eigenvalue weighted by Gasteiger charge is 2.03. The second-order valence-corrected chi connectivity index (χ2v) is 3.50. The molecule has 2 aromatic carbocycles. The minimum absolute atomic E-state index is 0.238. The zero-order valence-electron chi connectivity index (χ0n) is 9.44. The Morgan fingerprint density at radius 3 is 2.82 bits per heavy atom. The van der Waals surface area contributed by atoms with Crippen LogP contribution in [0.2, 0.25) is 0 Å². The molecule has 0 bridgehead atoms. The van der Waals surface area contributed by atoms with Crippen molar-refractivity contribution in [3.05, 3.63) is 59.9 Å². The molecule has 0 spiro atoms. The number of ether oxygens (including phenoxy) is 2. The van der Waals surface area contributed by atoms with E-state index in [9.17, 15) is 4.39 Å². The zero-order chi connectivity index (χ0) is 12.1. The average molecular weight is 231 g/mol. The molecule has 17 heavy (non-hydrogen) atoms. The molecule has 0 aliphatic rings. The first-order chi connectivity index (χ1) is 8.29. The lowest BCUT2D eigenvalue weighted by Gasteiger charge is -2.07. The summed E-state index contributed by atoms with van der Waals surface area (Å²) in [5, 5.41) is 0. The predicted octanol–water partition coefficient (Wildman–Crippen LogP) is 3.21. The van der Waals surface area contributed by atoms with Crippen LogP contribution in [-0.4, -0.2) is 7.11 Å². The fraction of sp³-hybridized carbons (Fsp3) is 0.143. The van der Waals surface area contributed by atoms with Crippen molar-refractivity contribution in [1.29, 1.82) is 0 Å². The van der Waals surface area contributed by atoms with Crippen LogP contribution in [0.5, 0.6) is 11.5 Å². The lowest BCUT2D eigenvalue weighted by Crippen LogP contribution is -1.97. The Morgan fingerprint density at radius 1 is 1.29 bits per heavy atom. The molecule has 0 heterocycles. The maximum atomic E-state index is 13.4. The van der Waals surface area contributed by atoms with Crippen molar-refractivity contribution in [2.24, 2.45) is 0 Å². The molecular weight excluding hydrogens is 219 g/mol. The second-order valence-electron chi connectivity index (χ2n) is 3.50. The Bertz CT molecular complexity index is 483. The summed E-state index contributed by atoms with van der Waals surface area (Å²) in [6.07, 6.45) is 0. The summed E-state index contributed by atoms with van der Waals surface area (Å²) in [6, 6.07) is 14.9.